The highest BCUT2D eigenvalue weighted by atomic mass is 32.1. The average Bonchev–Trinajstić information content (AvgIpc) is 2.56. The van der Waals surface area contributed by atoms with Gasteiger partial charge in [-0.25, -0.2) is 0 Å². The van der Waals surface area contributed by atoms with Gasteiger partial charge < -0.3 is 10.6 Å². The molecule has 2 rings (SSSR count). The highest BCUT2D eigenvalue weighted by Crippen LogP contribution is 2.22. The molecule has 126 valence electrons. The lowest BCUT2D eigenvalue weighted by atomic mass is 9.99. The van der Waals surface area contributed by atoms with E-state index in [1.807, 2.05) is 12.1 Å². The minimum atomic E-state index is -0.411. The summed E-state index contributed by atoms with van der Waals surface area (Å²) in [5, 5.41) is 17.4. The van der Waals surface area contributed by atoms with Crippen LogP contribution in [0.15, 0.2) is 42.5 Å². The van der Waals surface area contributed by atoms with Gasteiger partial charge in [-0.15, -0.1) is 0 Å². The van der Waals surface area contributed by atoms with Crippen LogP contribution in [0.25, 0.3) is 0 Å². The normalized spacial score (nSPS) is 11.6. The molecule has 0 aromatic heterocycles. The summed E-state index contributed by atoms with van der Waals surface area (Å²) in [4.78, 5) is 10.4. The van der Waals surface area contributed by atoms with E-state index in [4.69, 9.17) is 12.2 Å². The van der Waals surface area contributed by atoms with Crippen molar-refractivity contribution in [1.82, 2.24) is 0 Å². The number of hydrogen-bond donors (Lipinski definition) is 2. The molecule has 0 aliphatic carbocycles. The Morgan fingerprint density at radius 2 is 1.88 bits per heavy atom. The number of nitro benzene ring substituents is 1. The summed E-state index contributed by atoms with van der Waals surface area (Å²) < 4.78 is 0. The Labute approximate surface area is 147 Å². The summed E-state index contributed by atoms with van der Waals surface area (Å²) in [6.45, 7) is 6.17. The quantitative estimate of drug-likeness (QED) is 0.442. The van der Waals surface area contributed by atoms with Gasteiger partial charge in [0.15, 0.2) is 5.11 Å². The summed E-state index contributed by atoms with van der Waals surface area (Å²) >= 11 is 5.31. The number of nitrogens with zero attached hydrogens (tertiary/aromatic N) is 1. The topological polar surface area (TPSA) is 67.2 Å². The molecule has 0 amide bonds. The number of nitrogens with one attached hydrogen (secondary N) is 2. The molecule has 0 aliphatic heterocycles. The minimum absolute atomic E-state index is 0.0672. The summed E-state index contributed by atoms with van der Waals surface area (Å²) in [6.07, 6.45) is 1.10. The standard InChI is InChI=1S/C18H21N3O2S/c1-4-12(2)14-5-7-15(8-6-14)19-18(24)20-17-10-9-16(21(22)23)11-13(17)3/h5-12H,4H2,1-3H3,(H2,19,20,24). The Hall–Kier alpha value is -2.47. The van der Waals surface area contributed by atoms with Crippen molar-refractivity contribution in [2.45, 2.75) is 33.1 Å². The van der Waals surface area contributed by atoms with Gasteiger partial charge in [-0.1, -0.05) is 26.0 Å². The fourth-order valence-electron chi connectivity index (χ4n) is 2.32. The molecule has 2 N–H and O–H groups in total. The average molecular weight is 343 g/mol. The molecule has 0 spiro atoms. The van der Waals surface area contributed by atoms with Crippen LogP contribution in [0.4, 0.5) is 17.1 Å². The van der Waals surface area contributed by atoms with E-state index in [0.717, 1.165) is 23.4 Å². The fourth-order valence-corrected chi connectivity index (χ4v) is 2.54. The number of hydrogen-bond acceptors (Lipinski definition) is 3. The van der Waals surface area contributed by atoms with Crippen LogP contribution >= 0.6 is 12.2 Å². The van der Waals surface area contributed by atoms with E-state index in [1.165, 1.54) is 17.7 Å². The molecule has 1 unspecified atom stereocenters. The Kier molecular flexibility index (Phi) is 5.87. The summed E-state index contributed by atoms with van der Waals surface area (Å²) in [5.74, 6) is 0.534. The van der Waals surface area contributed by atoms with E-state index in [9.17, 15) is 10.1 Å². The molecular formula is C18H21N3O2S. The summed E-state index contributed by atoms with van der Waals surface area (Å²) in [7, 11) is 0. The zero-order chi connectivity index (χ0) is 17.7. The predicted molar refractivity (Wildman–Crippen MR) is 103 cm³/mol. The minimum Gasteiger partial charge on any atom is -0.332 e. The third-order valence-electron chi connectivity index (χ3n) is 4.02. The van der Waals surface area contributed by atoms with Gasteiger partial charge in [-0.05, 0) is 60.8 Å². The smallest absolute Gasteiger partial charge is 0.269 e. The zero-order valence-corrected chi connectivity index (χ0v) is 14.8. The number of rotatable bonds is 5. The lowest BCUT2D eigenvalue weighted by molar-refractivity contribution is -0.384. The third kappa shape index (κ3) is 4.52. The van der Waals surface area contributed by atoms with Crippen LogP contribution < -0.4 is 10.6 Å². The van der Waals surface area contributed by atoms with Crippen molar-refractivity contribution < 1.29 is 4.92 Å². The largest absolute Gasteiger partial charge is 0.332 e. The molecule has 0 saturated heterocycles. The van der Waals surface area contributed by atoms with Crippen molar-refractivity contribution in [2.75, 3.05) is 10.6 Å². The van der Waals surface area contributed by atoms with Crippen LogP contribution in [-0.2, 0) is 0 Å². The SMILES string of the molecule is CCC(C)c1ccc(NC(=S)Nc2ccc([N+](=O)[O-])cc2C)cc1. The van der Waals surface area contributed by atoms with Gasteiger partial charge in [0, 0.05) is 23.5 Å². The first-order valence-corrected chi connectivity index (χ1v) is 8.24. The van der Waals surface area contributed by atoms with E-state index < -0.39 is 4.92 Å². The molecule has 0 heterocycles. The van der Waals surface area contributed by atoms with Gasteiger partial charge in [0.1, 0.15) is 0 Å². The van der Waals surface area contributed by atoms with Gasteiger partial charge in [-0.3, -0.25) is 10.1 Å². The van der Waals surface area contributed by atoms with E-state index in [-0.39, 0.29) is 5.69 Å². The van der Waals surface area contributed by atoms with E-state index >= 15 is 0 Å². The molecule has 1 atom stereocenters. The van der Waals surface area contributed by atoms with E-state index in [0.29, 0.717) is 11.0 Å². The summed E-state index contributed by atoms with van der Waals surface area (Å²) in [6, 6.07) is 12.8. The van der Waals surface area contributed by atoms with Crippen LogP contribution in [0.2, 0.25) is 0 Å². The van der Waals surface area contributed by atoms with Gasteiger partial charge in [0.25, 0.3) is 5.69 Å². The van der Waals surface area contributed by atoms with Crippen LogP contribution in [-0.4, -0.2) is 10.0 Å². The van der Waals surface area contributed by atoms with Gasteiger partial charge >= 0.3 is 0 Å². The maximum absolute atomic E-state index is 10.8. The monoisotopic (exact) mass is 343 g/mol. The highest BCUT2D eigenvalue weighted by molar-refractivity contribution is 7.80. The molecule has 0 saturated carbocycles. The number of benzene rings is 2. The number of anilines is 2. The van der Waals surface area contributed by atoms with Gasteiger partial charge in [-0.2, -0.15) is 0 Å². The van der Waals surface area contributed by atoms with Crippen LogP contribution in [0.5, 0.6) is 0 Å². The second-order valence-corrected chi connectivity index (χ2v) is 6.18. The molecule has 0 bridgehead atoms. The third-order valence-corrected chi connectivity index (χ3v) is 4.22. The van der Waals surface area contributed by atoms with E-state index in [2.05, 4.69) is 36.6 Å². The lowest BCUT2D eigenvalue weighted by Crippen LogP contribution is -2.19. The molecule has 0 radical (unpaired) electrons. The van der Waals surface area contributed by atoms with Crippen molar-refractivity contribution in [3.8, 4) is 0 Å². The first-order valence-electron chi connectivity index (χ1n) is 7.83. The second-order valence-electron chi connectivity index (χ2n) is 5.77. The molecule has 6 heteroatoms. The highest BCUT2D eigenvalue weighted by Gasteiger charge is 2.09. The molecule has 0 fully saturated rings. The maximum Gasteiger partial charge on any atom is 0.269 e. The second kappa shape index (κ2) is 7.88. The van der Waals surface area contributed by atoms with Gasteiger partial charge in [0.2, 0.25) is 0 Å². The first kappa shape index (κ1) is 17.9. The van der Waals surface area contributed by atoms with Crippen LogP contribution in [0.1, 0.15) is 37.3 Å². The Balaban J connectivity index is 2.02. The zero-order valence-electron chi connectivity index (χ0n) is 14.0. The first-order chi connectivity index (χ1) is 11.4. The van der Waals surface area contributed by atoms with Crippen LogP contribution in [0, 0.1) is 17.0 Å². The number of aryl methyl sites for hydroxylation is 1. The molecule has 5 nitrogen and oxygen atoms in total. The molecule has 2 aromatic rings. The van der Waals surface area contributed by atoms with Crippen molar-refractivity contribution in [3.05, 3.63) is 63.7 Å². The van der Waals surface area contributed by atoms with Crippen molar-refractivity contribution in [3.63, 3.8) is 0 Å². The summed E-state index contributed by atoms with van der Waals surface area (Å²) in [5.41, 5.74) is 3.78. The van der Waals surface area contributed by atoms with Crippen molar-refractivity contribution in [1.29, 1.82) is 0 Å². The fraction of sp³-hybridized carbons (Fsp3) is 0.278. The Morgan fingerprint density at radius 1 is 1.21 bits per heavy atom. The maximum atomic E-state index is 10.8. The number of non-ortho nitro benzene ring substituents is 1. The molecule has 0 aliphatic rings. The Bertz CT molecular complexity index is 744. The number of nitro groups is 1. The van der Waals surface area contributed by atoms with Crippen LogP contribution in [0.3, 0.4) is 0 Å². The lowest BCUT2D eigenvalue weighted by Gasteiger charge is -2.14. The van der Waals surface area contributed by atoms with E-state index in [1.54, 1.807) is 13.0 Å². The number of thiocarbonyl (C=S) groups is 1. The molecular weight excluding hydrogens is 322 g/mol. The Morgan fingerprint density at radius 3 is 2.42 bits per heavy atom. The van der Waals surface area contributed by atoms with Crippen molar-refractivity contribution >= 4 is 34.4 Å². The predicted octanol–water partition coefficient (Wildman–Crippen LogP) is 5.23. The molecule has 2 aromatic carbocycles. The van der Waals surface area contributed by atoms with Gasteiger partial charge in [0.05, 0.1) is 4.92 Å². The molecule has 24 heavy (non-hydrogen) atoms. The van der Waals surface area contributed by atoms with Crippen molar-refractivity contribution in [2.24, 2.45) is 0 Å².